The van der Waals surface area contributed by atoms with Gasteiger partial charge in [-0.15, -0.1) is 11.8 Å². The monoisotopic (exact) mass is 300 g/mol. The molecule has 1 heterocycles. The normalized spacial score (nSPS) is 16.9. The minimum absolute atomic E-state index is 0.0747. The number of nitrogens with zero attached hydrogens (tertiary/aromatic N) is 1. The lowest BCUT2D eigenvalue weighted by Crippen LogP contribution is -2.19. The third kappa shape index (κ3) is 2.42. The highest BCUT2D eigenvalue weighted by Crippen LogP contribution is 2.35. The van der Waals surface area contributed by atoms with Crippen LogP contribution < -0.4 is 5.32 Å². The molecule has 0 saturated heterocycles. The first kappa shape index (κ1) is 12.0. The van der Waals surface area contributed by atoms with Crippen LogP contribution in [0.15, 0.2) is 23.1 Å². The lowest BCUT2D eigenvalue weighted by Gasteiger charge is -2.22. The zero-order valence-electron chi connectivity index (χ0n) is 9.16. The number of benzene rings is 1. The molecular formula is C11H13BrN2OS. The maximum absolute atomic E-state index is 11.3. The number of halogens is 1. The minimum Gasteiger partial charge on any atom is -0.324 e. The molecule has 3 nitrogen and oxygen atoms in total. The van der Waals surface area contributed by atoms with Gasteiger partial charge in [0.2, 0.25) is 5.91 Å². The second kappa shape index (κ2) is 4.77. The van der Waals surface area contributed by atoms with Crippen molar-refractivity contribution in [2.45, 2.75) is 9.85 Å². The Bertz CT molecular complexity index is 422. The van der Waals surface area contributed by atoms with E-state index >= 15 is 0 Å². The number of carbonyl (C=O) groups is 1. The average Bonchev–Trinajstić information content (AvgIpc) is 2.26. The fraction of sp³-hybridized carbons (Fsp3) is 0.364. The van der Waals surface area contributed by atoms with Crippen LogP contribution in [0.25, 0.3) is 0 Å². The number of thioether (sulfide) groups is 1. The molecule has 1 aromatic rings. The van der Waals surface area contributed by atoms with Gasteiger partial charge >= 0.3 is 0 Å². The zero-order chi connectivity index (χ0) is 11.7. The number of nitrogens with one attached hydrogen (secondary N) is 1. The van der Waals surface area contributed by atoms with Crippen LogP contribution in [0.2, 0.25) is 0 Å². The molecule has 0 spiro atoms. The third-order valence-corrected chi connectivity index (χ3v) is 4.79. The number of fused-ring (bicyclic) bond motifs is 1. The van der Waals surface area contributed by atoms with E-state index in [9.17, 15) is 4.79 Å². The summed E-state index contributed by atoms with van der Waals surface area (Å²) in [5.74, 6) is 0.586. The maximum Gasteiger partial charge on any atom is 0.234 e. The summed E-state index contributed by atoms with van der Waals surface area (Å²) in [7, 11) is 4.01. The summed E-state index contributed by atoms with van der Waals surface area (Å²) in [4.78, 5) is 14.7. The molecule has 1 amide bonds. The second-order valence-electron chi connectivity index (χ2n) is 3.89. The summed E-state index contributed by atoms with van der Waals surface area (Å²) in [5.41, 5.74) is 2.07. The van der Waals surface area contributed by atoms with E-state index in [2.05, 4.69) is 38.3 Å². The van der Waals surface area contributed by atoms with E-state index in [1.165, 1.54) is 0 Å². The van der Waals surface area contributed by atoms with Gasteiger partial charge in [0.25, 0.3) is 0 Å². The van der Waals surface area contributed by atoms with Gasteiger partial charge in [-0.25, -0.2) is 0 Å². The number of rotatable bonds is 2. The Morgan fingerprint density at radius 2 is 2.25 bits per heavy atom. The SMILES string of the molecule is CN(C)C(Br)c1ccc2c(c1)NC(=O)CS2. The van der Waals surface area contributed by atoms with Gasteiger partial charge in [0.15, 0.2) is 0 Å². The predicted molar refractivity (Wildman–Crippen MR) is 71.2 cm³/mol. The number of anilines is 1. The van der Waals surface area contributed by atoms with Crippen LogP contribution in [-0.2, 0) is 4.79 Å². The summed E-state index contributed by atoms with van der Waals surface area (Å²) < 4.78 is 0. The Balaban J connectivity index is 2.31. The van der Waals surface area contributed by atoms with Gasteiger partial charge in [0, 0.05) is 4.90 Å². The predicted octanol–water partition coefficient (Wildman–Crippen LogP) is 2.69. The molecule has 0 aromatic heterocycles. The van der Waals surface area contributed by atoms with Gasteiger partial charge < -0.3 is 5.32 Å². The quantitative estimate of drug-likeness (QED) is 0.673. The van der Waals surface area contributed by atoms with E-state index in [4.69, 9.17) is 0 Å². The Kier molecular flexibility index (Phi) is 3.56. The standard InChI is InChI=1S/C11H13BrN2OS/c1-14(2)11(12)7-3-4-9-8(5-7)13-10(15)6-16-9/h3-5,11H,6H2,1-2H3,(H,13,15). The van der Waals surface area contributed by atoms with Crippen molar-refractivity contribution < 1.29 is 4.79 Å². The highest BCUT2D eigenvalue weighted by atomic mass is 79.9. The summed E-state index contributed by atoms with van der Waals surface area (Å²) >= 11 is 5.18. The van der Waals surface area contributed by atoms with Gasteiger partial charge in [-0.05, 0) is 31.8 Å². The molecule has 0 bridgehead atoms. The minimum atomic E-state index is 0.0747. The van der Waals surface area contributed by atoms with Crippen LogP contribution in [0.1, 0.15) is 10.5 Å². The van der Waals surface area contributed by atoms with Crippen molar-refractivity contribution >= 4 is 39.3 Å². The lowest BCUT2D eigenvalue weighted by molar-refractivity contribution is -0.113. The first-order valence-corrected chi connectivity index (χ1v) is 6.85. The molecule has 1 unspecified atom stereocenters. The van der Waals surface area contributed by atoms with E-state index < -0.39 is 0 Å². The Morgan fingerprint density at radius 1 is 1.50 bits per heavy atom. The molecule has 0 saturated carbocycles. The van der Waals surface area contributed by atoms with Crippen molar-refractivity contribution in [2.24, 2.45) is 0 Å². The molecular weight excluding hydrogens is 288 g/mol. The van der Waals surface area contributed by atoms with Crippen LogP contribution in [-0.4, -0.2) is 30.7 Å². The molecule has 0 fully saturated rings. The molecule has 1 N–H and O–H groups in total. The second-order valence-corrected chi connectivity index (χ2v) is 5.78. The first-order chi connectivity index (χ1) is 7.58. The molecule has 1 atom stereocenters. The van der Waals surface area contributed by atoms with Gasteiger partial charge in [0.1, 0.15) is 0 Å². The molecule has 1 aromatic carbocycles. The van der Waals surface area contributed by atoms with Crippen molar-refractivity contribution in [1.29, 1.82) is 0 Å². The molecule has 0 aliphatic carbocycles. The number of hydrogen-bond acceptors (Lipinski definition) is 3. The first-order valence-electron chi connectivity index (χ1n) is 4.95. The molecule has 1 aliphatic heterocycles. The van der Waals surface area contributed by atoms with E-state index in [0.717, 1.165) is 16.1 Å². The van der Waals surface area contributed by atoms with E-state index in [1.54, 1.807) is 11.8 Å². The average molecular weight is 301 g/mol. The van der Waals surface area contributed by atoms with Gasteiger partial charge in [0.05, 0.1) is 16.4 Å². The van der Waals surface area contributed by atoms with Crippen molar-refractivity contribution in [3.8, 4) is 0 Å². The number of hydrogen-bond donors (Lipinski definition) is 1. The Morgan fingerprint density at radius 3 is 2.94 bits per heavy atom. The van der Waals surface area contributed by atoms with Crippen LogP contribution in [0, 0.1) is 0 Å². The van der Waals surface area contributed by atoms with E-state index in [0.29, 0.717) is 5.75 Å². The van der Waals surface area contributed by atoms with Gasteiger partial charge in [-0.3, -0.25) is 9.69 Å². The largest absolute Gasteiger partial charge is 0.324 e. The number of alkyl halides is 1. The van der Waals surface area contributed by atoms with Crippen molar-refractivity contribution in [2.75, 3.05) is 25.2 Å². The van der Waals surface area contributed by atoms with Crippen LogP contribution in [0.3, 0.4) is 0 Å². The van der Waals surface area contributed by atoms with E-state index in [-0.39, 0.29) is 10.9 Å². The van der Waals surface area contributed by atoms with Crippen molar-refractivity contribution in [3.05, 3.63) is 23.8 Å². The Hall–Kier alpha value is -0.520. The molecule has 1 aliphatic rings. The summed E-state index contributed by atoms with van der Waals surface area (Å²) in [6, 6.07) is 6.17. The maximum atomic E-state index is 11.3. The fourth-order valence-electron chi connectivity index (χ4n) is 1.55. The molecule has 2 rings (SSSR count). The summed E-state index contributed by atoms with van der Waals surface area (Å²) in [5, 5.41) is 2.89. The van der Waals surface area contributed by atoms with E-state index in [1.807, 2.05) is 20.2 Å². The van der Waals surface area contributed by atoms with Gasteiger partial charge in [-0.1, -0.05) is 22.0 Å². The fourth-order valence-corrected chi connectivity index (χ4v) is 2.62. The molecule has 5 heteroatoms. The van der Waals surface area contributed by atoms with Crippen LogP contribution >= 0.6 is 27.7 Å². The topological polar surface area (TPSA) is 32.3 Å². The molecule has 86 valence electrons. The lowest BCUT2D eigenvalue weighted by atomic mass is 10.2. The van der Waals surface area contributed by atoms with Crippen LogP contribution in [0.5, 0.6) is 0 Å². The smallest absolute Gasteiger partial charge is 0.234 e. The molecule has 16 heavy (non-hydrogen) atoms. The highest BCUT2D eigenvalue weighted by molar-refractivity contribution is 9.09. The number of amides is 1. The van der Waals surface area contributed by atoms with Gasteiger partial charge in [-0.2, -0.15) is 0 Å². The number of carbonyl (C=O) groups excluding carboxylic acids is 1. The third-order valence-electron chi connectivity index (χ3n) is 2.36. The Labute approximate surface area is 108 Å². The zero-order valence-corrected chi connectivity index (χ0v) is 11.6. The highest BCUT2D eigenvalue weighted by Gasteiger charge is 2.17. The molecule has 0 radical (unpaired) electrons. The van der Waals surface area contributed by atoms with Crippen molar-refractivity contribution in [3.63, 3.8) is 0 Å². The van der Waals surface area contributed by atoms with Crippen molar-refractivity contribution in [1.82, 2.24) is 4.90 Å². The van der Waals surface area contributed by atoms with Crippen LogP contribution in [0.4, 0.5) is 5.69 Å². The summed E-state index contributed by atoms with van der Waals surface area (Å²) in [6.07, 6.45) is 0. The summed E-state index contributed by atoms with van der Waals surface area (Å²) in [6.45, 7) is 0.